The van der Waals surface area contributed by atoms with E-state index in [0.717, 1.165) is 12.8 Å². The quantitative estimate of drug-likeness (QED) is 0.595. The zero-order chi connectivity index (χ0) is 10.2. The van der Waals surface area contributed by atoms with Crippen LogP contribution in [0.25, 0.3) is 0 Å². The van der Waals surface area contributed by atoms with Gasteiger partial charge in [-0.25, -0.2) is 8.78 Å². The molecular weight excluding hydrogens is 182 g/mol. The maximum Gasteiger partial charge on any atom is 0.248 e. The predicted molar refractivity (Wildman–Crippen MR) is 53.4 cm³/mol. The van der Waals surface area contributed by atoms with Gasteiger partial charge in [0.25, 0.3) is 0 Å². The van der Waals surface area contributed by atoms with E-state index in [0.29, 0.717) is 6.42 Å². The van der Waals surface area contributed by atoms with Gasteiger partial charge in [0.15, 0.2) is 0 Å². The van der Waals surface area contributed by atoms with E-state index in [1.165, 1.54) is 11.1 Å². The van der Waals surface area contributed by atoms with Crippen molar-refractivity contribution in [1.29, 1.82) is 0 Å². The van der Waals surface area contributed by atoms with Crippen molar-refractivity contribution in [2.45, 2.75) is 45.0 Å². The standard InChI is InChI=1S/C12H16F2/c1-9-2-4-10(5-3-9)11-6-7-12(13,14)8-11/h2,4,11H,3,5-8H2,1H3/t11-/m0/s1. The van der Waals surface area contributed by atoms with E-state index in [4.69, 9.17) is 0 Å². The number of hydrogen-bond acceptors (Lipinski definition) is 0. The first-order valence-corrected chi connectivity index (χ1v) is 5.31. The number of allylic oxidation sites excluding steroid dienone is 4. The molecule has 0 N–H and O–H groups in total. The summed E-state index contributed by atoms with van der Waals surface area (Å²) in [6.07, 6.45) is 7.01. The van der Waals surface area contributed by atoms with Crippen LogP contribution in [0.4, 0.5) is 8.78 Å². The molecule has 0 unspecified atom stereocenters. The Balaban J connectivity index is 2.04. The molecule has 2 aliphatic carbocycles. The van der Waals surface area contributed by atoms with Crippen LogP contribution in [0.3, 0.4) is 0 Å². The van der Waals surface area contributed by atoms with Gasteiger partial charge in [-0.15, -0.1) is 0 Å². The molecule has 0 amide bonds. The van der Waals surface area contributed by atoms with Gasteiger partial charge in [-0.2, -0.15) is 0 Å². The molecule has 0 spiro atoms. The predicted octanol–water partition coefficient (Wildman–Crippen LogP) is 4.09. The largest absolute Gasteiger partial charge is 0.248 e. The summed E-state index contributed by atoms with van der Waals surface area (Å²) in [5, 5.41) is 0. The van der Waals surface area contributed by atoms with Crippen molar-refractivity contribution < 1.29 is 8.78 Å². The summed E-state index contributed by atoms with van der Waals surface area (Å²) in [4.78, 5) is 0. The van der Waals surface area contributed by atoms with Gasteiger partial charge in [0.1, 0.15) is 0 Å². The molecule has 0 bridgehead atoms. The summed E-state index contributed by atoms with van der Waals surface area (Å²) in [5.41, 5.74) is 2.60. The SMILES string of the molecule is CC1=CC=C([C@H]2CCC(F)(F)C2)CC1. The molecular formula is C12H16F2. The van der Waals surface area contributed by atoms with Gasteiger partial charge in [0, 0.05) is 12.8 Å². The first-order chi connectivity index (χ1) is 6.57. The Hall–Kier alpha value is -0.660. The molecule has 78 valence electrons. The molecule has 2 aliphatic rings. The summed E-state index contributed by atoms with van der Waals surface area (Å²) in [5.74, 6) is -2.25. The van der Waals surface area contributed by atoms with Crippen LogP contribution in [0.15, 0.2) is 23.3 Å². The first-order valence-electron chi connectivity index (χ1n) is 5.31. The lowest BCUT2D eigenvalue weighted by atomic mass is 9.88. The van der Waals surface area contributed by atoms with Crippen LogP contribution in [0.5, 0.6) is 0 Å². The smallest absolute Gasteiger partial charge is 0.207 e. The van der Waals surface area contributed by atoms with Crippen LogP contribution in [-0.4, -0.2) is 5.92 Å². The molecule has 1 saturated carbocycles. The van der Waals surface area contributed by atoms with E-state index in [2.05, 4.69) is 19.1 Å². The van der Waals surface area contributed by atoms with Crippen LogP contribution < -0.4 is 0 Å². The minimum Gasteiger partial charge on any atom is -0.207 e. The highest BCUT2D eigenvalue weighted by Gasteiger charge is 2.40. The van der Waals surface area contributed by atoms with E-state index in [1.807, 2.05) is 0 Å². The van der Waals surface area contributed by atoms with E-state index in [1.54, 1.807) is 0 Å². The zero-order valence-corrected chi connectivity index (χ0v) is 8.52. The van der Waals surface area contributed by atoms with Gasteiger partial charge in [-0.3, -0.25) is 0 Å². The number of halogens is 2. The fourth-order valence-corrected chi connectivity index (χ4v) is 2.36. The minimum absolute atomic E-state index is 0.0751. The Morgan fingerprint density at radius 3 is 2.57 bits per heavy atom. The van der Waals surface area contributed by atoms with Crippen molar-refractivity contribution in [2.75, 3.05) is 0 Å². The maximum atomic E-state index is 13.0. The molecule has 0 radical (unpaired) electrons. The first kappa shape index (κ1) is 9.88. The lowest BCUT2D eigenvalue weighted by Gasteiger charge is -2.18. The van der Waals surface area contributed by atoms with E-state index in [9.17, 15) is 8.78 Å². The van der Waals surface area contributed by atoms with E-state index < -0.39 is 5.92 Å². The summed E-state index contributed by atoms with van der Waals surface area (Å²) in [6.45, 7) is 2.09. The maximum absolute atomic E-state index is 13.0. The van der Waals surface area contributed by atoms with Gasteiger partial charge < -0.3 is 0 Å². The third kappa shape index (κ3) is 2.05. The molecule has 0 nitrogen and oxygen atoms in total. The average molecular weight is 198 g/mol. The fourth-order valence-electron chi connectivity index (χ4n) is 2.36. The lowest BCUT2D eigenvalue weighted by Crippen LogP contribution is -2.11. The summed E-state index contributed by atoms with van der Waals surface area (Å²) >= 11 is 0. The molecule has 1 atom stereocenters. The summed E-state index contributed by atoms with van der Waals surface area (Å²) in [6, 6.07) is 0. The number of hydrogen-bond donors (Lipinski definition) is 0. The molecule has 0 heterocycles. The molecule has 2 rings (SSSR count). The molecule has 0 aliphatic heterocycles. The summed E-state index contributed by atoms with van der Waals surface area (Å²) < 4.78 is 26.0. The van der Waals surface area contributed by atoms with E-state index >= 15 is 0 Å². The summed E-state index contributed by atoms with van der Waals surface area (Å²) in [7, 11) is 0. The third-order valence-corrected chi connectivity index (χ3v) is 3.32. The third-order valence-electron chi connectivity index (χ3n) is 3.32. The molecule has 0 aromatic heterocycles. The van der Waals surface area contributed by atoms with Crippen molar-refractivity contribution >= 4 is 0 Å². The molecule has 2 heteroatoms. The molecule has 0 aromatic carbocycles. The highest BCUT2D eigenvalue weighted by molar-refractivity contribution is 5.25. The Morgan fingerprint density at radius 1 is 1.29 bits per heavy atom. The van der Waals surface area contributed by atoms with Crippen molar-refractivity contribution in [3.05, 3.63) is 23.3 Å². The van der Waals surface area contributed by atoms with Crippen LogP contribution in [0.2, 0.25) is 0 Å². The zero-order valence-electron chi connectivity index (χ0n) is 8.52. The second-order valence-corrected chi connectivity index (χ2v) is 4.55. The van der Waals surface area contributed by atoms with Crippen molar-refractivity contribution in [3.63, 3.8) is 0 Å². The number of alkyl halides is 2. The Labute approximate surface area is 83.7 Å². The van der Waals surface area contributed by atoms with Crippen LogP contribution in [0.1, 0.15) is 39.0 Å². The second kappa shape index (κ2) is 3.48. The minimum atomic E-state index is -2.40. The van der Waals surface area contributed by atoms with Gasteiger partial charge in [0.2, 0.25) is 5.92 Å². The Bertz CT molecular complexity index is 287. The highest BCUT2D eigenvalue weighted by atomic mass is 19.3. The normalized spacial score (nSPS) is 31.2. The van der Waals surface area contributed by atoms with Gasteiger partial charge in [0.05, 0.1) is 0 Å². The van der Waals surface area contributed by atoms with Gasteiger partial charge >= 0.3 is 0 Å². The molecule has 0 aromatic rings. The van der Waals surface area contributed by atoms with Crippen LogP contribution in [-0.2, 0) is 0 Å². The molecule has 14 heavy (non-hydrogen) atoms. The fraction of sp³-hybridized carbons (Fsp3) is 0.667. The Kier molecular flexibility index (Phi) is 2.46. The van der Waals surface area contributed by atoms with Gasteiger partial charge in [-0.1, -0.05) is 23.3 Å². The monoisotopic (exact) mass is 198 g/mol. The second-order valence-electron chi connectivity index (χ2n) is 4.55. The molecule has 0 saturated heterocycles. The molecule has 1 fully saturated rings. The van der Waals surface area contributed by atoms with Gasteiger partial charge in [-0.05, 0) is 32.1 Å². The highest BCUT2D eigenvalue weighted by Crippen LogP contribution is 2.43. The van der Waals surface area contributed by atoms with Crippen LogP contribution >= 0.6 is 0 Å². The Morgan fingerprint density at radius 2 is 2.07 bits per heavy atom. The average Bonchev–Trinajstić information content (AvgIpc) is 2.47. The van der Waals surface area contributed by atoms with Crippen molar-refractivity contribution in [2.24, 2.45) is 5.92 Å². The van der Waals surface area contributed by atoms with Crippen molar-refractivity contribution in [1.82, 2.24) is 0 Å². The lowest BCUT2D eigenvalue weighted by molar-refractivity contribution is 0.00627. The van der Waals surface area contributed by atoms with E-state index in [-0.39, 0.29) is 18.8 Å². The van der Waals surface area contributed by atoms with Crippen LogP contribution in [0, 0.1) is 5.92 Å². The number of rotatable bonds is 1. The van der Waals surface area contributed by atoms with Crippen molar-refractivity contribution in [3.8, 4) is 0 Å². The topological polar surface area (TPSA) is 0 Å².